The van der Waals surface area contributed by atoms with E-state index in [0.29, 0.717) is 15.9 Å². The summed E-state index contributed by atoms with van der Waals surface area (Å²) in [5.41, 5.74) is 0. The predicted octanol–water partition coefficient (Wildman–Crippen LogP) is 1.21. The van der Waals surface area contributed by atoms with Gasteiger partial charge in [0.25, 0.3) is 0 Å². The van der Waals surface area contributed by atoms with Gasteiger partial charge in [-0.3, -0.25) is 0 Å². The fraction of sp³-hybridized carbons (Fsp3) is 0.0526. The molecule has 0 spiro atoms. The van der Waals surface area contributed by atoms with Crippen molar-refractivity contribution < 1.29 is 32.8 Å². The molecule has 23 heavy (non-hydrogen) atoms. The highest BCUT2D eigenvalue weighted by atomic mass is 127. The standard InChI is InChI=1S/C19H16F2P.HI/c20-19(21)22(16-10-4-1-5-11-16,17-12-6-2-7-13-17)18-14-8-3-9-15-18;/h1-15,19H;1H/q+1;/p-1. The van der Waals surface area contributed by atoms with Crippen LogP contribution in [0.25, 0.3) is 0 Å². The zero-order chi connectivity index (χ0) is 15.4. The topological polar surface area (TPSA) is 0 Å². The van der Waals surface area contributed by atoms with Crippen molar-refractivity contribution in [1.82, 2.24) is 0 Å². The Morgan fingerprint density at radius 1 is 0.522 bits per heavy atom. The van der Waals surface area contributed by atoms with Crippen LogP contribution in [-0.4, -0.2) is 6.17 Å². The molecule has 0 aliphatic heterocycles. The van der Waals surface area contributed by atoms with Crippen LogP contribution < -0.4 is 39.9 Å². The third-order valence-corrected chi connectivity index (χ3v) is 7.71. The van der Waals surface area contributed by atoms with Gasteiger partial charge in [0.1, 0.15) is 15.9 Å². The molecule has 3 aromatic carbocycles. The molecule has 0 saturated carbocycles. The second-order valence-electron chi connectivity index (χ2n) is 5.01. The second-order valence-corrected chi connectivity index (χ2v) is 8.39. The largest absolute Gasteiger partial charge is 1.00 e. The van der Waals surface area contributed by atoms with E-state index in [9.17, 15) is 8.78 Å². The van der Waals surface area contributed by atoms with E-state index in [4.69, 9.17) is 0 Å². The Bertz CT molecular complexity index is 621. The average molecular weight is 440 g/mol. The Morgan fingerprint density at radius 2 is 0.783 bits per heavy atom. The summed E-state index contributed by atoms with van der Waals surface area (Å²) in [7, 11) is -2.96. The van der Waals surface area contributed by atoms with Gasteiger partial charge in [0.15, 0.2) is 7.26 Å². The first-order valence-corrected chi connectivity index (χ1v) is 8.96. The number of halogens is 3. The first-order chi connectivity index (χ1) is 10.8. The molecule has 3 aromatic rings. The highest BCUT2D eigenvalue weighted by Crippen LogP contribution is 2.60. The van der Waals surface area contributed by atoms with Crippen molar-refractivity contribution in [3.8, 4) is 0 Å². The molecular weight excluding hydrogens is 424 g/mol. The van der Waals surface area contributed by atoms with Crippen LogP contribution in [-0.2, 0) is 0 Å². The van der Waals surface area contributed by atoms with E-state index in [2.05, 4.69) is 0 Å². The van der Waals surface area contributed by atoms with E-state index >= 15 is 0 Å². The predicted molar refractivity (Wildman–Crippen MR) is 91.2 cm³/mol. The van der Waals surface area contributed by atoms with Crippen LogP contribution in [0.15, 0.2) is 91.0 Å². The van der Waals surface area contributed by atoms with Crippen molar-refractivity contribution in [2.24, 2.45) is 0 Å². The van der Waals surface area contributed by atoms with Crippen LogP contribution >= 0.6 is 7.26 Å². The van der Waals surface area contributed by atoms with Crippen molar-refractivity contribution in [2.45, 2.75) is 6.17 Å². The Labute approximate surface area is 152 Å². The molecule has 0 fully saturated rings. The minimum atomic E-state index is -2.96. The molecule has 0 aliphatic carbocycles. The van der Waals surface area contributed by atoms with Gasteiger partial charge in [-0.2, -0.15) is 8.78 Å². The first kappa shape index (κ1) is 18.0. The van der Waals surface area contributed by atoms with E-state index in [1.807, 2.05) is 91.0 Å². The lowest BCUT2D eigenvalue weighted by molar-refractivity contribution is -0.00000639. The first-order valence-electron chi connectivity index (χ1n) is 7.10. The van der Waals surface area contributed by atoms with Crippen LogP contribution in [0.1, 0.15) is 0 Å². The van der Waals surface area contributed by atoms with Gasteiger partial charge < -0.3 is 24.0 Å². The van der Waals surface area contributed by atoms with Crippen LogP contribution in [0.4, 0.5) is 8.78 Å². The SMILES string of the molecule is FC(F)[P+](c1ccccc1)(c1ccccc1)c1ccccc1.[I-]. The average Bonchev–Trinajstić information content (AvgIpc) is 2.58. The lowest BCUT2D eigenvalue weighted by atomic mass is 10.4. The molecule has 118 valence electrons. The molecule has 0 heterocycles. The minimum Gasteiger partial charge on any atom is -1.00 e. The van der Waals surface area contributed by atoms with Crippen molar-refractivity contribution in [1.29, 1.82) is 0 Å². The minimum absolute atomic E-state index is 0. The number of rotatable bonds is 4. The molecular formula is C19H16F2IP. The van der Waals surface area contributed by atoms with E-state index in [1.165, 1.54) is 0 Å². The van der Waals surface area contributed by atoms with Crippen LogP contribution in [0, 0.1) is 0 Å². The van der Waals surface area contributed by atoms with E-state index in [0.717, 1.165) is 0 Å². The van der Waals surface area contributed by atoms with Crippen LogP contribution in [0.5, 0.6) is 0 Å². The fourth-order valence-corrected chi connectivity index (χ4v) is 6.27. The Hall–Kier alpha value is -1.32. The maximum atomic E-state index is 14.5. The van der Waals surface area contributed by atoms with E-state index in [1.54, 1.807) is 0 Å². The van der Waals surface area contributed by atoms with Gasteiger partial charge in [0, 0.05) is 0 Å². The van der Waals surface area contributed by atoms with Crippen molar-refractivity contribution in [3.05, 3.63) is 91.0 Å². The van der Waals surface area contributed by atoms with Crippen LogP contribution in [0.2, 0.25) is 0 Å². The highest BCUT2D eigenvalue weighted by molar-refractivity contribution is 7.96. The molecule has 3 rings (SSSR count). The normalized spacial score (nSPS) is 11.1. The third-order valence-electron chi connectivity index (χ3n) is 3.78. The zero-order valence-corrected chi connectivity index (χ0v) is 15.4. The lowest BCUT2D eigenvalue weighted by Gasteiger charge is -2.26. The number of hydrogen-bond donors (Lipinski definition) is 0. The molecule has 0 amide bonds. The maximum absolute atomic E-state index is 14.5. The summed E-state index contributed by atoms with van der Waals surface area (Å²) in [6.07, 6.45) is -2.44. The van der Waals surface area contributed by atoms with Crippen molar-refractivity contribution in [3.63, 3.8) is 0 Å². The molecule has 0 bridgehead atoms. The van der Waals surface area contributed by atoms with Crippen molar-refractivity contribution >= 4 is 23.2 Å². The Balaban J connectivity index is 0.00000192. The summed E-state index contributed by atoms with van der Waals surface area (Å²) in [5, 5.41) is 2.13. The highest BCUT2D eigenvalue weighted by Gasteiger charge is 2.54. The zero-order valence-electron chi connectivity index (χ0n) is 12.3. The fourth-order valence-electron chi connectivity index (χ4n) is 2.77. The summed E-state index contributed by atoms with van der Waals surface area (Å²) in [5.74, 6) is 0. The Morgan fingerprint density at radius 3 is 1.00 bits per heavy atom. The van der Waals surface area contributed by atoms with Gasteiger partial charge in [0.05, 0.1) is 0 Å². The van der Waals surface area contributed by atoms with Gasteiger partial charge >= 0.3 is 6.17 Å². The van der Waals surface area contributed by atoms with Gasteiger partial charge in [-0.05, 0) is 36.4 Å². The molecule has 4 heteroatoms. The smallest absolute Gasteiger partial charge is 0.358 e. The number of benzene rings is 3. The second kappa shape index (κ2) is 7.98. The molecule has 0 nitrogen and oxygen atoms in total. The summed E-state index contributed by atoms with van der Waals surface area (Å²) in [6, 6.07) is 27.5. The monoisotopic (exact) mass is 440 g/mol. The van der Waals surface area contributed by atoms with Crippen LogP contribution in [0.3, 0.4) is 0 Å². The molecule has 0 saturated heterocycles. The quantitative estimate of drug-likeness (QED) is 0.423. The maximum Gasteiger partial charge on any atom is 0.358 e. The molecule has 0 radical (unpaired) electrons. The molecule has 0 aliphatic rings. The molecule has 0 atom stereocenters. The summed E-state index contributed by atoms with van der Waals surface area (Å²) in [4.78, 5) is 0. The van der Waals surface area contributed by atoms with Gasteiger partial charge in [0.2, 0.25) is 0 Å². The van der Waals surface area contributed by atoms with Gasteiger partial charge in [-0.15, -0.1) is 0 Å². The Kier molecular flexibility index (Phi) is 6.25. The van der Waals surface area contributed by atoms with E-state index < -0.39 is 13.4 Å². The lowest BCUT2D eigenvalue weighted by Crippen LogP contribution is -3.00. The number of hydrogen-bond acceptors (Lipinski definition) is 0. The molecule has 0 unspecified atom stereocenters. The summed E-state index contributed by atoms with van der Waals surface area (Å²) < 4.78 is 28.9. The van der Waals surface area contributed by atoms with Gasteiger partial charge in [-0.1, -0.05) is 54.6 Å². The molecule has 0 N–H and O–H groups in total. The van der Waals surface area contributed by atoms with Crippen molar-refractivity contribution in [2.75, 3.05) is 0 Å². The van der Waals surface area contributed by atoms with E-state index in [-0.39, 0.29) is 24.0 Å². The van der Waals surface area contributed by atoms with Gasteiger partial charge in [-0.25, -0.2) is 0 Å². The third kappa shape index (κ3) is 3.31. The molecule has 0 aromatic heterocycles. The summed E-state index contributed by atoms with van der Waals surface area (Å²) >= 11 is 0. The summed E-state index contributed by atoms with van der Waals surface area (Å²) in [6.45, 7) is 0. The number of alkyl halides is 2.